The normalized spacial score (nSPS) is 12.2. The fourth-order valence-corrected chi connectivity index (χ4v) is 6.58. The molecule has 0 aromatic carbocycles. The van der Waals surface area contributed by atoms with E-state index in [1.165, 1.54) is 135 Å². The fraction of sp³-hybridized carbons (Fsp3) is 0.844. The van der Waals surface area contributed by atoms with Crippen molar-refractivity contribution in [2.24, 2.45) is 0 Å². The van der Waals surface area contributed by atoms with E-state index < -0.39 is 5.97 Å². The molecule has 0 saturated carbocycles. The van der Waals surface area contributed by atoms with E-state index in [2.05, 4.69) is 43.5 Å². The number of ether oxygens (including phenoxy) is 1. The summed E-state index contributed by atoms with van der Waals surface area (Å²) in [6.45, 7) is 4.20. The van der Waals surface area contributed by atoms with Gasteiger partial charge in [0.1, 0.15) is 12.6 Å². The van der Waals surface area contributed by atoms with Gasteiger partial charge in [0, 0.05) is 12.8 Å². The Morgan fingerprint density at radius 3 is 1.45 bits per heavy atom. The molecular weight excluding hydrogens is 634 g/mol. The highest BCUT2D eigenvalue weighted by Crippen LogP contribution is 2.17. The number of nitrogens with one attached hydrogen (secondary N) is 1. The van der Waals surface area contributed by atoms with Gasteiger partial charge in [-0.1, -0.05) is 193 Å². The standard InChI is InChI=1S/C45H83NO5/c1-3-5-7-9-11-13-14-15-16-17-18-19-20-21-22-23-24-26-32-36-40-45(50)51-42(37-33-29-25-12-10-8-6-4-2)38-34-30-27-28-31-35-39-43(47)46-41-44(48)49/h12,25,33,37,42H,3-11,13-24,26-32,34-36,38-41H2,1-2H3,(H,46,47)(H,48,49)/b25-12-,37-33-. The van der Waals surface area contributed by atoms with Gasteiger partial charge in [0.25, 0.3) is 0 Å². The summed E-state index contributed by atoms with van der Waals surface area (Å²) in [5.41, 5.74) is 0. The lowest BCUT2D eigenvalue weighted by Gasteiger charge is -2.14. The average Bonchev–Trinajstić information content (AvgIpc) is 3.11. The first-order chi connectivity index (χ1) is 25.0. The Bertz CT molecular complexity index is 838. The van der Waals surface area contributed by atoms with Crippen LogP contribution in [0, 0.1) is 0 Å². The summed E-state index contributed by atoms with van der Waals surface area (Å²) in [4.78, 5) is 34.9. The van der Waals surface area contributed by atoms with Gasteiger partial charge in [0.15, 0.2) is 0 Å². The zero-order chi connectivity index (χ0) is 37.3. The number of amides is 1. The summed E-state index contributed by atoms with van der Waals surface area (Å²) in [7, 11) is 0. The van der Waals surface area contributed by atoms with Crippen molar-refractivity contribution < 1.29 is 24.2 Å². The third kappa shape index (κ3) is 40.5. The minimum Gasteiger partial charge on any atom is -0.480 e. The molecule has 0 aliphatic carbocycles. The van der Waals surface area contributed by atoms with Crippen LogP contribution in [0.5, 0.6) is 0 Å². The molecule has 1 amide bonds. The van der Waals surface area contributed by atoms with Gasteiger partial charge in [-0.15, -0.1) is 0 Å². The van der Waals surface area contributed by atoms with E-state index in [9.17, 15) is 14.4 Å². The Labute approximate surface area is 315 Å². The van der Waals surface area contributed by atoms with Crippen molar-refractivity contribution in [3.8, 4) is 0 Å². The number of carbonyl (C=O) groups is 3. The first kappa shape index (κ1) is 48.9. The monoisotopic (exact) mass is 718 g/mol. The van der Waals surface area contributed by atoms with Crippen LogP contribution in [0.25, 0.3) is 0 Å². The van der Waals surface area contributed by atoms with Crippen molar-refractivity contribution in [1.82, 2.24) is 5.32 Å². The van der Waals surface area contributed by atoms with E-state index in [0.29, 0.717) is 12.8 Å². The topological polar surface area (TPSA) is 92.7 Å². The molecular formula is C45H83NO5. The average molecular weight is 718 g/mol. The molecule has 0 rings (SSSR count). The first-order valence-corrected chi connectivity index (χ1v) is 22.0. The second-order valence-corrected chi connectivity index (χ2v) is 15.0. The number of hydrogen-bond acceptors (Lipinski definition) is 4. The van der Waals surface area contributed by atoms with Crippen LogP contribution in [-0.4, -0.2) is 35.6 Å². The molecule has 0 aromatic rings. The van der Waals surface area contributed by atoms with Gasteiger partial charge in [-0.3, -0.25) is 14.4 Å². The van der Waals surface area contributed by atoms with Crippen LogP contribution in [0.4, 0.5) is 0 Å². The van der Waals surface area contributed by atoms with Crippen molar-refractivity contribution in [3.05, 3.63) is 24.3 Å². The van der Waals surface area contributed by atoms with Gasteiger partial charge >= 0.3 is 11.9 Å². The maximum atomic E-state index is 12.7. The summed E-state index contributed by atoms with van der Waals surface area (Å²) in [6, 6.07) is 0. The highest BCUT2D eigenvalue weighted by Gasteiger charge is 2.11. The molecule has 0 fully saturated rings. The van der Waals surface area contributed by atoms with Crippen LogP contribution in [0.15, 0.2) is 24.3 Å². The number of carbonyl (C=O) groups excluding carboxylic acids is 2. The summed E-state index contributed by atoms with van der Waals surface area (Å²) in [5, 5.41) is 11.1. The molecule has 0 spiro atoms. The molecule has 6 nitrogen and oxygen atoms in total. The predicted octanol–water partition coefficient (Wildman–Crippen LogP) is 13.5. The van der Waals surface area contributed by atoms with Gasteiger partial charge in [-0.25, -0.2) is 0 Å². The lowest BCUT2D eigenvalue weighted by atomic mass is 10.0. The van der Waals surface area contributed by atoms with Gasteiger partial charge in [0.05, 0.1) is 0 Å². The zero-order valence-corrected chi connectivity index (χ0v) is 33.7. The molecule has 0 aromatic heterocycles. The largest absolute Gasteiger partial charge is 0.480 e. The van der Waals surface area contributed by atoms with E-state index in [4.69, 9.17) is 9.84 Å². The number of unbranched alkanes of at least 4 members (excludes halogenated alkanes) is 27. The highest BCUT2D eigenvalue weighted by atomic mass is 16.5. The minimum atomic E-state index is -1.02. The first-order valence-electron chi connectivity index (χ1n) is 22.0. The van der Waals surface area contributed by atoms with Crippen molar-refractivity contribution in [2.75, 3.05) is 6.54 Å². The molecule has 0 bridgehead atoms. The number of carboxylic acid groups (broad SMARTS) is 1. The zero-order valence-electron chi connectivity index (χ0n) is 33.7. The molecule has 298 valence electrons. The van der Waals surface area contributed by atoms with Gasteiger partial charge in [-0.05, 0) is 51.0 Å². The summed E-state index contributed by atoms with van der Waals surface area (Å²) >= 11 is 0. The number of carboxylic acids is 1. The molecule has 0 saturated heterocycles. The van der Waals surface area contributed by atoms with E-state index in [1.54, 1.807) is 0 Å². The number of rotatable bonds is 40. The maximum Gasteiger partial charge on any atom is 0.322 e. The maximum absolute atomic E-state index is 12.7. The molecule has 2 N–H and O–H groups in total. The third-order valence-corrected chi connectivity index (χ3v) is 9.86. The second kappa shape index (κ2) is 40.7. The Morgan fingerprint density at radius 1 is 0.529 bits per heavy atom. The van der Waals surface area contributed by atoms with Crippen molar-refractivity contribution >= 4 is 17.8 Å². The van der Waals surface area contributed by atoms with Gasteiger partial charge in [-0.2, -0.15) is 0 Å². The molecule has 1 unspecified atom stereocenters. The third-order valence-electron chi connectivity index (χ3n) is 9.86. The summed E-state index contributed by atoms with van der Waals surface area (Å²) < 4.78 is 5.93. The summed E-state index contributed by atoms with van der Waals surface area (Å²) in [5.74, 6) is -1.28. The highest BCUT2D eigenvalue weighted by molar-refractivity contribution is 5.80. The molecule has 6 heteroatoms. The van der Waals surface area contributed by atoms with Crippen LogP contribution >= 0.6 is 0 Å². The van der Waals surface area contributed by atoms with Gasteiger partial charge in [0.2, 0.25) is 5.91 Å². The molecule has 1 atom stereocenters. The van der Waals surface area contributed by atoms with Crippen molar-refractivity contribution in [3.63, 3.8) is 0 Å². The second-order valence-electron chi connectivity index (χ2n) is 15.0. The van der Waals surface area contributed by atoms with E-state index >= 15 is 0 Å². The van der Waals surface area contributed by atoms with E-state index in [-0.39, 0.29) is 24.5 Å². The van der Waals surface area contributed by atoms with Crippen molar-refractivity contribution in [1.29, 1.82) is 0 Å². The van der Waals surface area contributed by atoms with Crippen LogP contribution < -0.4 is 5.32 Å². The number of hydrogen-bond donors (Lipinski definition) is 2. The van der Waals surface area contributed by atoms with Crippen LogP contribution in [0.2, 0.25) is 0 Å². The predicted molar refractivity (Wildman–Crippen MR) is 217 cm³/mol. The van der Waals surface area contributed by atoms with Crippen molar-refractivity contribution in [2.45, 2.75) is 238 Å². The molecule has 51 heavy (non-hydrogen) atoms. The molecule has 0 radical (unpaired) electrons. The van der Waals surface area contributed by atoms with Crippen LogP contribution in [0.3, 0.4) is 0 Å². The minimum absolute atomic E-state index is 0.0664. The number of esters is 1. The van der Waals surface area contributed by atoms with E-state index in [0.717, 1.165) is 70.6 Å². The van der Waals surface area contributed by atoms with Crippen LogP contribution in [0.1, 0.15) is 232 Å². The Morgan fingerprint density at radius 2 is 0.961 bits per heavy atom. The lowest BCUT2D eigenvalue weighted by Crippen LogP contribution is -2.28. The van der Waals surface area contributed by atoms with Gasteiger partial charge < -0.3 is 15.2 Å². The SMILES string of the molecule is CCCCC/C=C\C/C=C\C(CCCCCCCCC(=O)NCC(=O)O)OC(=O)CCCCCCCCCCCCCCCCCCCCCC. The quantitative estimate of drug-likeness (QED) is 0.0374. The smallest absolute Gasteiger partial charge is 0.322 e. The van der Waals surface area contributed by atoms with Crippen LogP contribution in [-0.2, 0) is 19.1 Å². The Hall–Kier alpha value is -2.11. The number of aliphatic carboxylic acids is 1. The molecule has 0 aliphatic rings. The summed E-state index contributed by atoms with van der Waals surface area (Å²) in [6.07, 6.45) is 49.1. The Kier molecular flexibility index (Phi) is 39.0. The Balaban J connectivity index is 4.00. The molecule has 0 aliphatic heterocycles. The lowest BCUT2D eigenvalue weighted by molar-refractivity contribution is -0.147. The fourth-order valence-electron chi connectivity index (χ4n) is 6.58. The van der Waals surface area contributed by atoms with E-state index in [1.807, 2.05) is 0 Å². The number of allylic oxidation sites excluding steroid dienone is 3. The molecule has 0 heterocycles.